The molecule has 1 atom stereocenters. The van der Waals surface area contributed by atoms with Crippen molar-refractivity contribution in [1.82, 2.24) is 0 Å². The lowest BCUT2D eigenvalue weighted by molar-refractivity contribution is 0.317. The van der Waals surface area contributed by atoms with Gasteiger partial charge in [-0.1, -0.05) is 39.0 Å². The zero-order valence-corrected chi connectivity index (χ0v) is 9.33. The molecule has 0 amide bonds. The molecule has 1 aromatic rings. The number of para-hydroxylation sites is 1. The predicted octanol–water partition coefficient (Wildman–Crippen LogP) is 2.75. The first-order chi connectivity index (χ1) is 6.34. The number of phenolic OH excluding ortho intramolecular Hbond substituents is 1. The average Bonchev–Trinajstić information content (AvgIpc) is 2.07. The minimum atomic E-state index is -0.137. The SMILES string of the molecule is Cc1cccc([C@H](N)C(C)(C)C)c1O. The maximum absolute atomic E-state index is 9.85. The zero-order chi connectivity index (χ0) is 10.9. The summed E-state index contributed by atoms with van der Waals surface area (Å²) in [5.74, 6) is 0.329. The summed E-state index contributed by atoms with van der Waals surface area (Å²) in [5.41, 5.74) is 7.75. The molecule has 2 heteroatoms. The second-order valence-electron chi connectivity index (χ2n) is 4.86. The van der Waals surface area contributed by atoms with E-state index in [0.29, 0.717) is 5.75 Å². The second-order valence-corrected chi connectivity index (χ2v) is 4.86. The Hall–Kier alpha value is -1.02. The normalized spacial score (nSPS) is 14.1. The van der Waals surface area contributed by atoms with Crippen LogP contribution in [-0.4, -0.2) is 5.11 Å². The molecule has 0 spiro atoms. The highest BCUT2D eigenvalue weighted by Crippen LogP contribution is 2.36. The molecule has 1 aromatic carbocycles. The number of aryl methyl sites for hydroxylation is 1. The first-order valence-electron chi connectivity index (χ1n) is 4.88. The molecular formula is C12H19NO. The molecular weight excluding hydrogens is 174 g/mol. The fourth-order valence-electron chi connectivity index (χ4n) is 1.40. The van der Waals surface area contributed by atoms with Crippen molar-refractivity contribution in [2.45, 2.75) is 33.7 Å². The van der Waals surface area contributed by atoms with Crippen molar-refractivity contribution >= 4 is 0 Å². The molecule has 1 rings (SSSR count). The molecule has 0 aliphatic rings. The smallest absolute Gasteiger partial charge is 0.123 e. The number of hydrogen-bond acceptors (Lipinski definition) is 2. The van der Waals surface area contributed by atoms with E-state index >= 15 is 0 Å². The zero-order valence-electron chi connectivity index (χ0n) is 9.33. The van der Waals surface area contributed by atoms with Gasteiger partial charge in [-0.2, -0.15) is 0 Å². The summed E-state index contributed by atoms with van der Waals surface area (Å²) in [7, 11) is 0. The van der Waals surface area contributed by atoms with E-state index < -0.39 is 0 Å². The molecule has 0 aromatic heterocycles. The minimum absolute atomic E-state index is 0.0364. The summed E-state index contributed by atoms with van der Waals surface area (Å²) >= 11 is 0. The van der Waals surface area contributed by atoms with Crippen molar-refractivity contribution < 1.29 is 5.11 Å². The van der Waals surface area contributed by atoms with Crippen molar-refractivity contribution in [3.05, 3.63) is 29.3 Å². The maximum atomic E-state index is 9.85. The van der Waals surface area contributed by atoms with E-state index in [9.17, 15) is 5.11 Å². The van der Waals surface area contributed by atoms with Crippen molar-refractivity contribution in [1.29, 1.82) is 0 Å². The Labute approximate surface area is 85.8 Å². The largest absolute Gasteiger partial charge is 0.507 e. The Morgan fingerprint density at radius 3 is 2.36 bits per heavy atom. The van der Waals surface area contributed by atoms with E-state index in [2.05, 4.69) is 20.8 Å². The van der Waals surface area contributed by atoms with Crippen LogP contribution >= 0.6 is 0 Å². The molecule has 0 saturated heterocycles. The first kappa shape index (κ1) is 11.1. The van der Waals surface area contributed by atoms with Crippen LogP contribution in [0, 0.1) is 12.3 Å². The van der Waals surface area contributed by atoms with Crippen LogP contribution in [0.3, 0.4) is 0 Å². The van der Waals surface area contributed by atoms with E-state index in [1.807, 2.05) is 25.1 Å². The average molecular weight is 193 g/mol. The van der Waals surface area contributed by atoms with Gasteiger partial charge in [0.1, 0.15) is 5.75 Å². The van der Waals surface area contributed by atoms with E-state index in [4.69, 9.17) is 5.73 Å². The van der Waals surface area contributed by atoms with Gasteiger partial charge in [0.15, 0.2) is 0 Å². The third-order valence-corrected chi connectivity index (χ3v) is 2.54. The Kier molecular flexibility index (Phi) is 2.86. The van der Waals surface area contributed by atoms with Gasteiger partial charge in [0.2, 0.25) is 0 Å². The fourth-order valence-corrected chi connectivity index (χ4v) is 1.40. The van der Waals surface area contributed by atoms with Crippen LogP contribution < -0.4 is 5.73 Å². The van der Waals surface area contributed by atoms with Gasteiger partial charge < -0.3 is 10.8 Å². The molecule has 14 heavy (non-hydrogen) atoms. The lowest BCUT2D eigenvalue weighted by atomic mass is 9.82. The summed E-state index contributed by atoms with van der Waals surface area (Å²) < 4.78 is 0. The molecule has 0 fully saturated rings. The second kappa shape index (κ2) is 3.62. The topological polar surface area (TPSA) is 46.2 Å². The molecule has 0 bridgehead atoms. The highest BCUT2D eigenvalue weighted by Gasteiger charge is 2.24. The quantitative estimate of drug-likeness (QED) is 0.720. The van der Waals surface area contributed by atoms with E-state index in [1.165, 1.54) is 0 Å². The van der Waals surface area contributed by atoms with Gasteiger partial charge in [-0.3, -0.25) is 0 Å². The van der Waals surface area contributed by atoms with Gasteiger partial charge in [0.25, 0.3) is 0 Å². The lowest BCUT2D eigenvalue weighted by Gasteiger charge is -2.28. The third-order valence-electron chi connectivity index (χ3n) is 2.54. The van der Waals surface area contributed by atoms with Gasteiger partial charge in [-0.05, 0) is 17.9 Å². The van der Waals surface area contributed by atoms with Crippen LogP contribution in [-0.2, 0) is 0 Å². The molecule has 0 heterocycles. The molecule has 0 saturated carbocycles. The van der Waals surface area contributed by atoms with Crippen molar-refractivity contribution in [2.24, 2.45) is 11.1 Å². The van der Waals surface area contributed by atoms with Gasteiger partial charge in [0, 0.05) is 11.6 Å². The van der Waals surface area contributed by atoms with Gasteiger partial charge in [-0.25, -0.2) is 0 Å². The van der Waals surface area contributed by atoms with Crippen molar-refractivity contribution in [2.75, 3.05) is 0 Å². The highest BCUT2D eigenvalue weighted by molar-refractivity contribution is 5.41. The van der Waals surface area contributed by atoms with Crippen LogP contribution in [0.25, 0.3) is 0 Å². The number of hydrogen-bond donors (Lipinski definition) is 2. The summed E-state index contributed by atoms with van der Waals surface area (Å²) in [6.07, 6.45) is 0. The number of benzene rings is 1. The minimum Gasteiger partial charge on any atom is -0.507 e. The summed E-state index contributed by atoms with van der Waals surface area (Å²) in [6.45, 7) is 8.09. The van der Waals surface area contributed by atoms with E-state index in [-0.39, 0.29) is 11.5 Å². The molecule has 2 nitrogen and oxygen atoms in total. The Morgan fingerprint density at radius 1 is 1.29 bits per heavy atom. The van der Waals surface area contributed by atoms with Crippen LogP contribution in [0.1, 0.15) is 37.9 Å². The standard InChI is InChI=1S/C12H19NO/c1-8-6-5-7-9(10(8)14)11(13)12(2,3)4/h5-7,11,14H,13H2,1-4H3/t11-/m0/s1. The lowest BCUT2D eigenvalue weighted by Crippen LogP contribution is -2.26. The van der Waals surface area contributed by atoms with Crippen LogP contribution in [0.15, 0.2) is 18.2 Å². The fraction of sp³-hybridized carbons (Fsp3) is 0.500. The van der Waals surface area contributed by atoms with Crippen molar-refractivity contribution in [3.8, 4) is 5.75 Å². The summed E-state index contributed by atoms with van der Waals surface area (Å²) in [5, 5.41) is 9.85. The number of aromatic hydroxyl groups is 1. The van der Waals surface area contributed by atoms with Gasteiger partial charge in [-0.15, -0.1) is 0 Å². The number of nitrogens with two attached hydrogens (primary N) is 1. The molecule has 0 aliphatic heterocycles. The molecule has 0 aliphatic carbocycles. The summed E-state index contributed by atoms with van der Waals surface area (Å²) in [4.78, 5) is 0. The highest BCUT2D eigenvalue weighted by atomic mass is 16.3. The predicted molar refractivity (Wildman–Crippen MR) is 59.2 cm³/mol. The van der Waals surface area contributed by atoms with E-state index in [0.717, 1.165) is 11.1 Å². The number of phenols is 1. The molecule has 78 valence electrons. The number of rotatable bonds is 1. The molecule has 0 unspecified atom stereocenters. The molecule has 0 radical (unpaired) electrons. The van der Waals surface area contributed by atoms with Crippen LogP contribution in [0.2, 0.25) is 0 Å². The van der Waals surface area contributed by atoms with Gasteiger partial charge in [0.05, 0.1) is 0 Å². The third kappa shape index (κ3) is 2.07. The van der Waals surface area contributed by atoms with E-state index in [1.54, 1.807) is 0 Å². The maximum Gasteiger partial charge on any atom is 0.123 e. The molecule has 3 N–H and O–H groups in total. The monoisotopic (exact) mass is 193 g/mol. The van der Waals surface area contributed by atoms with Crippen LogP contribution in [0.4, 0.5) is 0 Å². The van der Waals surface area contributed by atoms with Crippen molar-refractivity contribution in [3.63, 3.8) is 0 Å². The first-order valence-corrected chi connectivity index (χ1v) is 4.88. The Morgan fingerprint density at radius 2 is 1.86 bits per heavy atom. The van der Waals surface area contributed by atoms with Gasteiger partial charge >= 0.3 is 0 Å². The Bertz CT molecular complexity index is 326. The summed E-state index contributed by atoms with van der Waals surface area (Å²) in [6, 6.07) is 5.56. The Balaban J connectivity index is 3.14. The van der Waals surface area contributed by atoms with Crippen LogP contribution in [0.5, 0.6) is 5.75 Å².